The molecule has 0 spiro atoms. The van der Waals surface area contributed by atoms with E-state index in [9.17, 15) is 17.8 Å². The topological polar surface area (TPSA) is 142 Å². The second-order valence-electron chi connectivity index (χ2n) is 5.52. The first-order valence-corrected chi connectivity index (χ1v) is 10.9. The van der Waals surface area contributed by atoms with E-state index in [1.165, 1.54) is 13.8 Å². The first-order chi connectivity index (χ1) is 11.5. The summed E-state index contributed by atoms with van der Waals surface area (Å²) < 4.78 is 42.1. The zero-order valence-electron chi connectivity index (χ0n) is 14.0. The molecule has 0 aliphatic carbocycles. The molecule has 0 saturated carbocycles. The molecule has 4 N–H and O–H groups in total. The molecule has 11 heteroatoms. The summed E-state index contributed by atoms with van der Waals surface area (Å²) in [7, 11) is -8.59. The van der Waals surface area contributed by atoms with Crippen LogP contribution >= 0.6 is 7.60 Å². The first kappa shape index (κ1) is 21.6. The number of benzene rings is 1. The second kappa shape index (κ2) is 9.30. The maximum Gasteiger partial charge on any atom is 0.407 e. The van der Waals surface area contributed by atoms with Crippen LogP contribution < -0.4 is 10.0 Å². The van der Waals surface area contributed by atoms with Crippen LogP contribution in [-0.2, 0) is 25.9 Å². The van der Waals surface area contributed by atoms with Crippen LogP contribution in [-0.4, -0.2) is 41.9 Å². The van der Waals surface area contributed by atoms with E-state index in [0.29, 0.717) is 0 Å². The van der Waals surface area contributed by atoms with Gasteiger partial charge in [-0.3, -0.25) is 4.57 Å². The van der Waals surface area contributed by atoms with Crippen LogP contribution in [0.15, 0.2) is 30.3 Å². The number of carbonyl (C=O) groups is 1. The van der Waals surface area contributed by atoms with Crippen molar-refractivity contribution in [3.63, 3.8) is 0 Å². The number of carbonyl (C=O) groups excluding carboxylic acids is 1. The molecule has 0 radical (unpaired) electrons. The number of rotatable bonds is 9. The van der Waals surface area contributed by atoms with Crippen LogP contribution in [0.2, 0.25) is 0 Å². The fourth-order valence-electron chi connectivity index (χ4n) is 1.98. The van der Waals surface area contributed by atoms with Gasteiger partial charge in [-0.05, 0) is 18.9 Å². The number of ether oxygens (including phenoxy) is 1. The molecule has 1 amide bonds. The molecule has 0 heterocycles. The lowest BCUT2D eigenvalue weighted by Gasteiger charge is -2.20. The molecule has 1 aromatic carbocycles. The summed E-state index contributed by atoms with van der Waals surface area (Å²) in [5, 5.41) is 2.36. The largest absolute Gasteiger partial charge is 0.445 e. The van der Waals surface area contributed by atoms with E-state index in [1.54, 1.807) is 24.3 Å². The standard InChI is InChI=1S/C14H23N2O7PS/c1-3-13(24(18,19)20)16-25(21,22)10-11(2)15-14(17)23-9-12-7-5-4-6-8-12/h4-8,11,13,16H,3,9-10H2,1-2H3,(H,15,17)(H2,18,19,20)/t11-,13?/m0/s1. The van der Waals surface area contributed by atoms with Crippen molar-refractivity contribution < 1.29 is 32.3 Å². The smallest absolute Gasteiger partial charge is 0.407 e. The molecule has 1 rings (SSSR count). The molecule has 142 valence electrons. The number of sulfonamides is 1. The molecule has 2 atom stereocenters. The Bertz CT molecular complexity index is 705. The van der Waals surface area contributed by atoms with E-state index in [4.69, 9.17) is 14.5 Å². The molecule has 9 nitrogen and oxygen atoms in total. The SMILES string of the molecule is CCC(NS(=O)(=O)C[C@H](C)NC(=O)OCc1ccccc1)P(=O)(O)O. The number of nitrogens with one attached hydrogen (secondary N) is 2. The predicted molar refractivity (Wildman–Crippen MR) is 92.3 cm³/mol. The van der Waals surface area contributed by atoms with Crippen molar-refractivity contribution in [1.29, 1.82) is 0 Å². The van der Waals surface area contributed by atoms with Gasteiger partial charge in [-0.15, -0.1) is 0 Å². The van der Waals surface area contributed by atoms with Gasteiger partial charge in [-0.2, -0.15) is 4.72 Å². The molecular formula is C14H23N2O7PS. The molecule has 0 aromatic heterocycles. The molecule has 0 aliphatic rings. The third-order valence-electron chi connectivity index (χ3n) is 3.15. The third kappa shape index (κ3) is 8.46. The Labute approximate surface area is 147 Å². The van der Waals surface area contributed by atoms with Gasteiger partial charge in [0.15, 0.2) is 0 Å². The zero-order valence-corrected chi connectivity index (χ0v) is 15.7. The lowest BCUT2D eigenvalue weighted by molar-refractivity contribution is 0.137. The minimum Gasteiger partial charge on any atom is -0.445 e. The maximum atomic E-state index is 12.0. The summed E-state index contributed by atoms with van der Waals surface area (Å²) in [6.45, 7) is 2.94. The van der Waals surface area contributed by atoms with E-state index in [1.807, 2.05) is 10.8 Å². The highest BCUT2D eigenvalue weighted by molar-refractivity contribution is 7.89. The van der Waals surface area contributed by atoms with Crippen molar-refractivity contribution in [2.75, 3.05) is 5.75 Å². The Morgan fingerprint density at radius 3 is 2.40 bits per heavy atom. The van der Waals surface area contributed by atoms with Crippen molar-refractivity contribution in [1.82, 2.24) is 10.0 Å². The molecule has 0 bridgehead atoms. The Hall–Kier alpha value is -1.45. The highest BCUT2D eigenvalue weighted by Gasteiger charge is 2.31. The highest BCUT2D eigenvalue weighted by atomic mass is 32.2. The van der Waals surface area contributed by atoms with Gasteiger partial charge in [0.25, 0.3) is 0 Å². The third-order valence-corrected chi connectivity index (χ3v) is 6.22. The van der Waals surface area contributed by atoms with Gasteiger partial charge in [0.1, 0.15) is 12.4 Å². The minimum atomic E-state index is -4.59. The van der Waals surface area contributed by atoms with Crippen molar-refractivity contribution >= 4 is 23.7 Å². The van der Waals surface area contributed by atoms with Crippen molar-refractivity contribution in [2.45, 2.75) is 38.7 Å². The van der Waals surface area contributed by atoms with Crippen LogP contribution in [0.4, 0.5) is 4.79 Å². The van der Waals surface area contributed by atoms with Gasteiger partial charge in [-0.25, -0.2) is 13.2 Å². The normalized spacial score (nSPS) is 14.6. The lowest BCUT2D eigenvalue weighted by Crippen LogP contribution is -2.43. The van der Waals surface area contributed by atoms with Crippen LogP contribution in [0.1, 0.15) is 25.8 Å². The van der Waals surface area contributed by atoms with Gasteiger partial charge < -0.3 is 19.8 Å². The fraction of sp³-hybridized carbons (Fsp3) is 0.500. The van der Waals surface area contributed by atoms with Crippen molar-refractivity contribution in [3.8, 4) is 0 Å². The number of amides is 1. The van der Waals surface area contributed by atoms with E-state index >= 15 is 0 Å². The van der Waals surface area contributed by atoms with Gasteiger partial charge in [-0.1, -0.05) is 37.3 Å². The quantitative estimate of drug-likeness (QED) is 0.460. The zero-order chi connectivity index (χ0) is 19.1. The second-order valence-corrected chi connectivity index (χ2v) is 9.12. The van der Waals surface area contributed by atoms with E-state index in [0.717, 1.165) is 5.56 Å². The molecule has 25 heavy (non-hydrogen) atoms. The molecular weight excluding hydrogens is 371 g/mol. The van der Waals surface area contributed by atoms with Crippen LogP contribution in [0.5, 0.6) is 0 Å². The Kier molecular flexibility index (Phi) is 8.04. The average Bonchev–Trinajstić information content (AvgIpc) is 2.50. The van der Waals surface area contributed by atoms with Gasteiger partial charge in [0.05, 0.1) is 5.75 Å². The monoisotopic (exact) mass is 394 g/mol. The van der Waals surface area contributed by atoms with Crippen molar-refractivity contribution in [2.24, 2.45) is 0 Å². The number of hydrogen-bond donors (Lipinski definition) is 4. The minimum absolute atomic E-state index is 0.0422. The molecule has 1 unspecified atom stereocenters. The van der Waals surface area contributed by atoms with Crippen LogP contribution in [0.3, 0.4) is 0 Å². The van der Waals surface area contributed by atoms with Gasteiger partial charge in [0.2, 0.25) is 10.0 Å². The van der Waals surface area contributed by atoms with Crippen molar-refractivity contribution in [3.05, 3.63) is 35.9 Å². The van der Waals surface area contributed by atoms with E-state index < -0.39 is 41.3 Å². The summed E-state index contributed by atoms with van der Waals surface area (Å²) in [4.78, 5) is 29.9. The fourth-order valence-corrected chi connectivity index (χ4v) is 4.91. The Morgan fingerprint density at radius 1 is 1.28 bits per heavy atom. The summed E-state index contributed by atoms with van der Waals surface area (Å²) in [5.41, 5.74) is 0.784. The maximum absolute atomic E-state index is 12.0. The predicted octanol–water partition coefficient (Wildman–Crippen LogP) is 1.13. The molecule has 0 fully saturated rings. The first-order valence-electron chi connectivity index (χ1n) is 7.56. The average molecular weight is 394 g/mol. The lowest BCUT2D eigenvalue weighted by atomic mass is 10.2. The molecule has 0 saturated heterocycles. The Morgan fingerprint density at radius 2 is 1.88 bits per heavy atom. The Balaban J connectivity index is 2.50. The summed E-state index contributed by atoms with van der Waals surface area (Å²) in [6.07, 6.45) is -0.849. The van der Waals surface area contributed by atoms with E-state index in [-0.39, 0.29) is 13.0 Å². The molecule has 0 aliphatic heterocycles. The highest BCUT2D eigenvalue weighted by Crippen LogP contribution is 2.41. The van der Waals surface area contributed by atoms with Crippen LogP contribution in [0, 0.1) is 0 Å². The van der Waals surface area contributed by atoms with Crippen LogP contribution in [0.25, 0.3) is 0 Å². The summed E-state index contributed by atoms with van der Waals surface area (Å²) in [6, 6.07) is 8.15. The molecule has 1 aromatic rings. The number of alkyl carbamates (subject to hydrolysis) is 1. The van der Waals surface area contributed by atoms with E-state index in [2.05, 4.69) is 5.32 Å². The number of hydrogen-bond acceptors (Lipinski definition) is 5. The van der Waals surface area contributed by atoms with Gasteiger partial charge >= 0.3 is 13.7 Å². The summed E-state index contributed by atoms with van der Waals surface area (Å²) >= 11 is 0. The summed E-state index contributed by atoms with van der Waals surface area (Å²) in [5.74, 6) is -2.03. The van der Waals surface area contributed by atoms with Gasteiger partial charge in [0, 0.05) is 6.04 Å².